The molecule has 9 heteroatoms. The molecule has 0 aliphatic carbocycles. The maximum absolute atomic E-state index is 13.5. The molecule has 1 saturated heterocycles. The summed E-state index contributed by atoms with van der Waals surface area (Å²) in [5.41, 5.74) is 7.25. The van der Waals surface area contributed by atoms with Gasteiger partial charge in [-0.2, -0.15) is 0 Å². The molecule has 0 amide bonds. The smallest absolute Gasteiger partial charge is 0.331 e. The molecule has 1 aliphatic heterocycles. The van der Waals surface area contributed by atoms with Crippen molar-refractivity contribution in [2.75, 3.05) is 18.0 Å². The Hall–Kier alpha value is -3.38. The summed E-state index contributed by atoms with van der Waals surface area (Å²) in [7, 11) is 1.68. The van der Waals surface area contributed by atoms with Crippen LogP contribution in [0.15, 0.2) is 27.9 Å². The Labute approximate surface area is 180 Å². The third-order valence-electron chi connectivity index (χ3n) is 5.72. The van der Waals surface area contributed by atoms with Gasteiger partial charge in [0.25, 0.3) is 5.56 Å². The lowest BCUT2D eigenvalue weighted by molar-refractivity contribution is 0.499. The molecule has 2 N–H and O–H groups in total. The summed E-state index contributed by atoms with van der Waals surface area (Å²) >= 11 is 0. The highest BCUT2D eigenvalue weighted by Gasteiger charge is 2.24. The predicted molar refractivity (Wildman–Crippen MR) is 120 cm³/mol. The van der Waals surface area contributed by atoms with Crippen molar-refractivity contribution in [2.24, 2.45) is 12.8 Å². The number of fused-ring (bicyclic) bond motifs is 1. The summed E-state index contributed by atoms with van der Waals surface area (Å²) in [5, 5.41) is 0. The van der Waals surface area contributed by atoms with Crippen LogP contribution in [0.5, 0.6) is 0 Å². The van der Waals surface area contributed by atoms with Crippen LogP contribution >= 0.6 is 0 Å². The Morgan fingerprint density at radius 2 is 2.10 bits per heavy atom. The number of aryl methyl sites for hydroxylation is 2. The molecule has 0 saturated carbocycles. The highest BCUT2D eigenvalue weighted by molar-refractivity contribution is 5.81. The van der Waals surface area contributed by atoms with E-state index in [9.17, 15) is 9.59 Å². The van der Waals surface area contributed by atoms with Crippen LogP contribution in [0.2, 0.25) is 0 Å². The van der Waals surface area contributed by atoms with Crippen LogP contribution in [0.1, 0.15) is 31.3 Å². The maximum atomic E-state index is 13.5. The Morgan fingerprint density at radius 1 is 1.29 bits per heavy atom. The van der Waals surface area contributed by atoms with Crippen LogP contribution in [-0.4, -0.2) is 42.8 Å². The Kier molecular flexibility index (Phi) is 5.65. The molecule has 4 rings (SSSR count). The Balaban J connectivity index is 1.93. The second-order valence-electron chi connectivity index (χ2n) is 7.94. The van der Waals surface area contributed by atoms with E-state index in [0.29, 0.717) is 29.9 Å². The van der Waals surface area contributed by atoms with E-state index in [1.165, 1.54) is 9.13 Å². The van der Waals surface area contributed by atoms with Gasteiger partial charge >= 0.3 is 5.69 Å². The van der Waals surface area contributed by atoms with Gasteiger partial charge in [0.15, 0.2) is 0 Å². The minimum Gasteiger partial charge on any atom is -0.356 e. The number of nitrogens with two attached hydrogens (primary N) is 1. The molecule has 31 heavy (non-hydrogen) atoms. The lowest BCUT2D eigenvalue weighted by atomic mass is 10.1. The van der Waals surface area contributed by atoms with Gasteiger partial charge in [0.05, 0.1) is 18.6 Å². The fourth-order valence-corrected chi connectivity index (χ4v) is 4.16. The van der Waals surface area contributed by atoms with Crippen molar-refractivity contribution >= 4 is 16.9 Å². The van der Waals surface area contributed by atoms with Crippen molar-refractivity contribution in [2.45, 2.75) is 45.8 Å². The van der Waals surface area contributed by atoms with Crippen molar-refractivity contribution in [1.82, 2.24) is 23.7 Å². The van der Waals surface area contributed by atoms with Gasteiger partial charge in [-0.3, -0.25) is 13.9 Å². The van der Waals surface area contributed by atoms with Gasteiger partial charge in [-0.25, -0.2) is 14.8 Å². The molecule has 1 fully saturated rings. The van der Waals surface area contributed by atoms with E-state index in [4.69, 9.17) is 5.73 Å². The van der Waals surface area contributed by atoms with Crippen molar-refractivity contribution in [3.05, 3.63) is 50.7 Å². The summed E-state index contributed by atoms with van der Waals surface area (Å²) in [4.78, 5) is 37.3. The van der Waals surface area contributed by atoms with E-state index < -0.39 is 5.69 Å². The highest BCUT2D eigenvalue weighted by Crippen LogP contribution is 2.26. The maximum Gasteiger partial charge on any atom is 0.331 e. The normalized spacial score (nSPS) is 16.4. The molecule has 0 spiro atoms. The van der Waals surface area contributed by atoms with Crippen molar-refractivity contribution in [3.8, 4) is 11.8 Å². The first-order chi connectivity index (χ1) is 14.9. The molecule has 4 heterocycles. The van der Waals surface area contributed by atoms with Crippen molar-refractivity contribution < 1.29 is 0 Å². The van der Waals surface area contributed by atoms with E-state index in [2.05, 4.69) is 26.7 Å². The van der Waals surface area contributed by atoms with Crippen LogP contribution in [-0.2, 0) is 20.1 Å². The minimum atomic E-state index is -0.400. The van der Waals surface area contributed by atoms with E-state index in [-0.39, 0.29) is 18.1 Å². The molecular weight excluding hydrogens is 394 g/mol. The van der Waals surface area contributed by atoms with Crippen LogP contribution < -0.4 is 21.9 Å². The fourth-order valence-electron chi connectivity index (χ4n) is 4.16. The zero-order valence-electron chi connectivity index (χ0n) is 18.1. The summed E-state index contributed by atoms with van der Waals surface area (Å²) in [5.74, 6) is 7.26. The summed E-state index contributed by atoms with van der Waals surface area (Å²) in [6.07, 6.45) is 3.59. The molecule has 162 valence electrons. The molecule has 1 aliphatic rings. The topological polar surface area (TPSA) is 104 Å². The summed E-state index contributed by atoms with van der Waals surface area (Å²) in [6.45, 7) is 5.54. The van der Waals surface area contributed by atoms with Gasteiger partial charge in [0.2, 0.25) is 0 Å². The molecule has 0 radical (unpaired) electrons. The standard InChI is InChI=1S/C22H27N7O2/c1-4-5-11-28-19(27-10-6-7-16(23)13-27)12-17-20(28)21(30)29(22(31)26(17)3)14-18-24-9-8-15(2)25-18/h8-9,12,16H,6-7,10-11,13-14,23H2,1-3H3/t16-/m1/s1. The first kappa shape index (κ1) is 20.9. The van der Waals surface area contributed by atoms with Crippen LogP contribution in [0, 0.1) is 18.8 Å². The van der Waals surface area contributed by atoms with Gasteiger partial charge in [-0.1, -0.05) is 5.92 Å². The van der Waals surface area contributed by atoms with Crippen LogP contribution in [0.4, 0.5) is 5.82 Å². The first-order valence-corrected chi connectivity index (χ1v) is 10.4. The number of aromatic nitrogens is 5. The second kappa shape index (κ2) is 8.40. The second-order valence-corrected chi connectivity index (χ2v) is 7.94. The van der Waals surface area contributed by atoms with Gasteiger partial charge in [-0.15, -0.1) is 5.92 Å². The predicted octanol–water partition coefficient (Wildman–Crippen LogP) is 0.599. The number of hydrogen-bond acceptors (Lipinski definition) is 6. The molecule has 0 unspecified atom stereocenters. The van der Waals surface area contributed by atoms with E-state index in [1.54, 1.807) is 26.2 Å². The quantitative estimate of drug-likeness (QED) is 0.619. The highest BCUT2D eigenvalue weighted by atomic mass is 16.2. The zero-order valence-corrected chi connectivity index (χ0v) is 18.1. The summed E-state index contributed by atoms with van der Waals surface area (Å²) in [6, 6.07) is 3.76. The monoisotopic (exact) mass is 421 g/mol. The lowest BCUT2D eigenvalue weighted by Gasteiger charge is -2.32. The fraction of sp³-hybridized carbons (Fsp3) is 0.455. The first-order valence-electron chi connectivity index (χ1n) is 10.4. The summed E-state index contributed by atoms with van der Waals surface area (Å²) < 4.78 is 4.60. The molecule has 0 aromatic carbocycles. The van der Waals surface area contributed by atoms with Gasteiger partial charge < -0.3 is 15.2 Å². The van der Waals surface area contributed by atoms with E-state index in [1.807, 2.05) is 17.6 Å². The average Bonchev–Trinajstić information content (AvgIpc) is 3.13. The molecule has 1 atom stereocenters. The number of piperidine rings is 1. The number of rotatable bonds is 4. The van der Waals surface area contributed by atoms with Gasteiger partial charge in [0.1, 0.15) is 17.2 Å². The number of nitrogens with zero attached hydrogens (tertiary/aromatic N) is 6. The molecule has 9 nitrogen and oxygen atoms in total. The van der Waals surface area contributed by atoms with E-state index in [0.717, 1.165) is 30.9 Å². The zero-order chi connectivity index (χ0) is 22.1. The van der Waals surface area contributed by atoms with Crippen molar-refractivity contribution in [1.29, 1.82) is 0 Å². The third kappa shape index (κ3) is 3.86. The Morgan fingerprint density at radius 3 is 2.81 bits per heavy atom. The van der Waals surface area contributed by atoms with Gasteiger partial charge in [0, 0.05) is 44.1 Å². The SMILES string of the molecule is CC#CCn1c(N2CCC[C@@H](N)C2)cc2c1c(=O)n(Cc1nccc(C)n1)c(=O)n2C. The minimum absolute atomic E-state index is 0.0116. The van der Waals surface area contributed by atoms with Crippen LogP contribution in [0.25, 0.3) is 11.0 Å². The Bertz CT molecular complexity index is 1310. The molecule has 3 aromatic rings. The van der Waals surface area contributed by atoms with Crippen LogP contribution in [0.3, 0.4) is 0 Å². The number of hydrogen-bond donors (Lipinski definition) is 1. The average molecular weight is 422 g/mol. The molecule has 0 bridgehead atoms. The van der Waals surface area contributed by atoms with E-state index >= 15 is 0 Å². The third-order valence-corrected chi connectivity index (χ3v) is 5.72. The lowest BCUT2D eigenvalue weighted by Crippen LogP contribution is -2.43. The number of anilines is 1. The molecular formula is C22H27N7O2. The largest absolute Gasteiger partial charge is 0.356 e. The van der Waals surface area contributed by atoms with Crippen molar-refractivity contribution in [3.63, 3.8) is 0 Å². The van der Waals surface area contributed by atoms with Gasteiger partial charge in [-0.05, 0) is 32.8 Å². The molecule has 3 aromatic heterocycles.